The Morgan fingerprint density at radius 2 is 2.13 bits per heavy atom. The van der Waals surface area contributed by atoms with E-state index in [-0.39, 0.29) is 11.9 Å². The summed E-state index contributed by atoms with van der Waals surface area (Å²) in [4.78, 5) is 20.0. The maximum atomic E-state index is 12.2. The van der Waals surface area contributed by atoms with Gasteiger partial charge in [-0.3, -0.25) is 9.48 Å². The topological polar surface area (TPSA) is 75.6 Å². The second-order valence-electron chi connectivity index (χ2n) is 5.81. The summed E-state index contributed by atoms with van der Waals surface area (Å²) in [5.74, 6) is 0.869. The fraction of sp³-hybridized carbons (Fsp3) is 0.353. The normalized spacial score (nSPS) is 11.3. The number of aryl methyl sites for hydroxylation is 1. The van der Waals surface area contributed by atoms with Gasteiger partial charge in [-0.25, -0.2) is 4.98 Å². The van der Waals surface area contributed by atoms with Crippen LogP contribution in [0.2, 0.25) is 0 Å². The number of aromatic nitrogens is 4. The first kappa shape index (κ1) is 15.3. The number of aromatic amines is 1. The number of nitrogens with one attached hydrogen (secondary N) is 2. The van der Waals surface area contributed by atoms with Crippen LogP contribution in [0.4, 0.5) is 0 Å². The van der Waals surface area contributed by atoms with E-state index in [0.29, 0.717) is 12.2 Å². The number of nitrogens with zero attached hydrogens (tertiary/aromatic N) is 3. The van der Waals surface area contributed by atoms with Crippen molar-refractivity contribution in [2.24, 2.45) is 0 Å². The molecule has 0 aliphatic carbocycles. The van der Waals surface area contributed by atoms with Crippen LogP contribution in [0.25, 0.3) is 11.0 Å². The molecule has 1 aromatic carbocycles. The number of amides is 1. The van der Waals surface area contributed by atoms with Crippen LogP contribution in [0, 0.1) is 0 Å². The molecule has 0 saturated carbocycles. The Kier molecular flexibility index (Phi) is 4.41. The van der Waals surface area contributed by atoms with Crippen molar-refractivity contribution >= 4 is 16.9 Å². The van der Waals surface area contributed by atoms with Crippen molar-refractivity contribution in [2.45, 2.75) is 32.7 Å². The number of rotatable bonds is 6. The second kappa shape index (κ2) is 6.64. The van der Waals surface area contributed by atoms with Gasteiger partial charge in [0.15, 0.2) is 0 Å². The molecule has 2 aromatic heterocycles. The maximum Gasteiger partial charge on any atom is 0.269 e. The fourth-order valence-electron chi connectivity index (χ4n) is 2.58. The standard InChI is InChI=1S/C17H21N5O/c1-12(2)22-15(9-11-19-22)17(23)18-10-5-8-16-20-13-6-3-4-7-14(13)21-16/h3-4,6-7,9,11-12H,5,8,10H2,1-2H3,(H,18,23)(H,20,21). The zero-order chi connectivity index (χ0) is 16.2. The smallest absolute Gasteiger partial charge is 0.269 e. The molecule has 3 rings (SSSR count). The molecule has 120 valence electrons. The van der Waals surface area contributed by atoms with Crippen LogP contribution in [-0.4, -0.2) is 32.2 Å². The number of imidazole rings is 1. The van der Waals surface area contributed by atoms with E-state index in [1.807, 2.05) is 38.1 Å². The van der Waals surface area contributed by atoms with Crippen molar-refractivity contribution in [3.8, 4) is 0 Å². The molecule has 2 N–H and O–H groups in total. The van der Waals surface area contributed by atoms with Gasteiger partial charge in [-0.2, -0.15) is 5.10 Å². The predicted octanol–water partition coefficient (Wildman–Crippen LogP) is 2.70. The van der Waals surface area contributed by atoms with E-state index < -0.39 is 0 Å². The molecule has 0 aliphatic heterocycles. The number of carbonyl (C=O) groups excluding carboxylic acids is 1. The van der Waals surface area contributed by atoms with Crippen molar-refractivity contribution in [3.05, 3.63) is 48.0 Å². The van der Waals surface area contributed by atoms with E-state index in [4.69, 9.17) is 0 Å². The number of hydrogen-bond donors (Lipinski definition) is 2. The number of carbonyl (C=O) groups is 1. The zero-order valence-electron chi connectivity index (χ0n) is 13.4. The molecular weight excluding hydrogens is 290 g/mol. The van der Waals surface area contributed by atoms with Gasteiger partial charge < -0.3 is 10.3 Å². The molecule has 0 radical (unpaired) electrons. The molecule has 0 aliphatic rings. The van der Waals surface area contributed by atoms with Crippen LogP contribution in [0.15, 0.2) is 36.5 Å². The van der Waals surface area contributed by atoms with Crippen LogP contribution in [-0.2, 0) is 6.42 Å². The van der Waals surface area contributed by atoms with E-state index in [9.17, 15) is 4.79 Å². The van der Waals surface area contributed by atoms with Crippen molar-refractivity contribution in [2.75, 3.05) is 6.54 Å². The van der Waals surface area contributed by atoms with Crippen molar-refractivity contribution in [1.82, 2.24) is 25.1 Å². The highest BCUT2D eigenvalue weighted by molar-refractivity contribution is 5.92. The molecule has 0 unspecified atom stereocenters. The molecule has 23 heavy (non-hydrogen) atoms. The Morgan fingerprint density at radius 3 is 2.91 bits per heavy atom. The summed E-state index contributed by atoms with van der Waals surface area (Å²) in [7, 11) is 0. The van der Waals surface area contributed by atoms with Gasteiger partial charge in [-0.1, -0.05) is 12.1 Å². The molecule has 6 nitrogen and oxygen atoms in total. The molecule has 0 bridgehead atoms. The highest BCUT2D eigenvalue weighted by Crippen LogP contribution is 2.11. The maximum absolute atomic E-state index is 12.2. The first-order chi connectivity index (χ1) is 11.1. The van der Waals surface area contributed by atoms with Gasteiger partial charge in [0.05, 0.1) is 11.0 Å². The second-order valence-corrected chi connectivity index (χ2v) is 5.81. The van der Waals surface area contributed by atoms with Crippen LogP contribution in [0.3, 0.4) is 0 Å². The molecule has 3 aromatic rings. The third-order valence-corrected chi connectivity index (χ3v) is 3.71. The van der Waals surface area contributed by atoms with Crippen LogP contribution >= 0.6 is 0 Å². The van der Waals surface area contributed by atoms with E-state index in [1.54, 1.807) is 16.9 Å². The third kappa shape index (κ3) is 3.41. The molecule has 0 atom stereocenters. The Morgan fingerprint density at radius 1 is 1.30 bits per heavy atom. The Hall–Kier alpha value is -2.63. The number of benzene rings is 1. The van der Waals surface area contributed by atoms with E-state index in [0.717, 1.165) is 29.7 Å². The fourth-order valence-corrected chi connectivity index (χ4v) is 2.58. The highest BCUT2D eigenvalue weighted by atomic mass is 16.2. The first-order valence-corrected chi connectivity index (χ1v) is 7.90. The molecule has 2 heterocycles. The van der Waals surface area contributed by atoms with Gasteiger partial charge in [0.25, 0.3) is 5.91 Å². The summed E-state index contributed by atoms with van der Waals surface area (Å²) in [5, 5.41) is 7.12. The van der Waals surface area contributed by atoms with Gasteiger partial charge >= 0.3 is 0 Å². The third-order valence-electron chi connectivity index (χ3n) is 3.71. The van der Waals surface area contributed by atoms with Gasteiger partial charge in [0.2, 0.25) is 0 Å². The lowest BCUT2D eigenvalue weighted by Gasteiger charge is -2.10. The summed E-state index contributed by atoms with van der Waals surface area (Å²) in [6.07, 6.45) is 3.29. The van der Waals surface area contributed by atoms with E-state index >= 15 is 0 Å². The van der Waals surface area contributed by atoms with E-state index in [2.05, 4.69) is 20.4 Å². The number of fused-ring (bicyclic) bond motifs is 1. The number of para-hydroxylation sites is 2. The minimum Gasteiger partial charge on any atom is -0.351 e. The molecular formula is C17H21N5O. The zero-order valence-corrected chi connectivity index (χ0v) is 13.4. The monoisotopic (exact) mass is 311 g/mol. The summed E-state index contributed by atoms with van der Waals surface area (Å²) >= 11 is 0. The van der Waals surface area contributed by atoms with Crippen LogP contribution in [0.1, 0.15) is 42.6 Å². The summed E-state index contributed by atoms with van der Waals surface area (Å²) < 4.78 is 1.73. The number of hydrogen-bond acceptors (Lipinski definition) is 3. The summed E-state index contributed by atoms with van der Waals surface area (Å²) in [6, 6.07) is 9.88. The van der Waals surface area contributed by atoms with E-state index in [1.165, 1.54) is 0 Å². The summed E-state index contributed by atoms with van der Waals surface area (Å²) in [5.41, 5.74) is 2.63. The van der Waals surface area contributed by atoms with Crippen molar-refractivity contribution < 1.29 is 4.79 Å². The van der Waals surface area contributed by atoms with Crippen LogP contribution < -0.4 is 5.32 Å². The Labute approximate surface area is 134 Å². The molecule has 1 amide bonds. The van der Waals surface area contributed by atoms with Crippen molar-refractivity contribution in [3.63, 3.8) is 0 Å². The van der Waals surface area contributed by atoms with Crippen LogP contribution in [0.5, 0.6) is 0 Å². The SMILES string of the molecule is CC(C)n1nccc1C(=O)NCCCc1nc2ccccc2[nH]1. The minimum absolute atomic E-state index is 0.0826. The first-order valence-electron chi connectivity index (χ1n) is 7.90. The lowest BCUT2D eigenvalue weighted by molar-refractivity contribution is 0.0940. The van der Waals surface area contributed by atoms with Gasteiger partial charge in [-0.15, -0.1) is 0 Å². The lowest BCUT2D eigenvalue weighted by Crippen LogP contribution is -2.28. The predicted molar refractivity (Wildman–Crippen MR) is 89.4 cm³/mol. The quantitative estimate of drug-likeness (QED) is 0.687. The van der Waals surface area contributed by atoms with Crippen molar-refractivity contribution in [1.29, 1.82) is 0 Å². The molecule has 0 saturated heterocycles. The average molecular weight is 311 g/mol. The highest BCUT2D eigenvalue weighted by Gasteiger charge is 2.13. The summed E-state index contributed by atoms with van der Waals surface area (Å²) in [6.45, 7) is 4.62. The van der Waals surface area contributed by atoms with Gasteiger partial charge in [-0.05, 0) is 38.5 Å². The Balaban J connectivity index is 1.51. The average Bonchev–Trinajstić information content (AvgIpc) is 3.17. The largest absolute Gasteiger partial charge is 0.351 e. The minimum atomic E-state index is -0.0826. The molecule has 0 spiro atoms. The lowest BCUT2D eigenvalue weighted by atomic mass is 10.3. The van der Waals surface area contributed by atoms with Gasteiger partial charge in [0, 0.05) is 25.2 Å². The molecule has 6 heteroatoms. The molecule has 0 fully saturated rings. The Bertz CT molecular complexity index is 769. The van der Waals surface area contributed by atoms with Gasteiger partial charge in [0.1, 0.15) is 11.5 Å². The number of H-pyrrole nitrogens is 1.